The normalized spacial score (nSPS) is 21.0. The molecular formula is C22H31N5O2. The number of fused-ring (bicyclic) bond motifs is 1. The van der Waals surface area contributed by atoms with Gasteiger partial charge in [0.25, 0.3) is 5.56 Å². The third-order valence-electron chi connectivity index (χ3n) is 6.35. The van der Waals surface area contributed by atoms with Crippen LogP contribution in [0.1, 0.15) is 26.7 Å². The number of hydrogen-bond donors (Lipinski definition) is 0. The van der Waals surface area contributed by atoms with Crippen molar-refractivity contribution in [1.29, 1.82) is 0 Å². The highest BCUT2D eigenvalue weighted by Gasteiger charge is 2.32. The fourth-order valence-corrected chi connectivity index (χ4v) is 4.61. The zero-order chi connectivity index (χ0) is 20.4. The quantitative estimate of drug-likeness (QED) is 0.787. The molecule has 0 radical (unpaired) electrons. The number of para-hydroxylation sites is 2. The molecule has 3 heterocycles. The number of piperazine rings is 1. The van der Waals surface area contributed by atoms with Crippen molar-refractivity contribution in [3.8, 4) is 0 Å². The van der Waals surface area contributed by atoms with Crippen molar-refractivity contribution in [3.05, 3.63) is 34.6 Å². The summed E-state index contributed by atoms with van der Waals surface area (Å²) in [5.74, 6) is 0.667. The second kappa shape index (κ2) is 8.53. The average Bonchev–Trinajstić information content (AvgIpc) is 2.78. The Morgan fingerprint density at radius 3 is 2.55 bits per heavy atom. The van der Waals surface area contributed by atoms with E-state index in [-0.39, 0.29) is 17.4 Å². The highest BCUT2D eigenvalue weighted by atomic mass is 16.2. The van der Waals surface area contributed by atoms with Gasteiger partial charge in [-0.15, -0.1) is 0 Å². The van der Waals surface area contributed by atoms with Crippen molar-refractivity contribution >= 4 is 22.8 Å². The molecule has 0 bridgehead atoms. The molecule has 1 unspecified atom stereocenters. The Hall–Kier alpha value is -2.41. The molecule has 0 aliphatic carbocycles. The monoisotopic (exact) mass is 397 g/mol. The summed E-state index contributed by atoms with van der Waals surface area (Å²) in [6, 6.07) is 7.77. The first-order valence-electron chi connectivity index (χ1n) is 10.9. The van der Waals surface area contributed by atoms with E-state index < -0.39 is 0 Å². The average molecular weight is 398 g/mol. The molecule has 0 N–H and O–H groups in total. The van der Waals surface area contributed by atoms with Gasteiger partial charge in [0.15, 0.2) is 5.82 Å². The standard InChI is InChI=1S/C22H31N5O2/c1-3-24-12-14-25(15-13-24)21(28)17-8-7-11-26(16-17)20-22(29)27(4-2)19-10-6-5-9-18(19)23-20/h5-6,9-10,17H,3-4,7-8,11-16H2,1-2H3. The molecular weight excluding hydrogens is 366 g/mol. The molecule has 2 aliphatic rings. The largest absolute Gasteiger partial charge is 0.351 e. The smallest absolute Gasteiger partial charge is 0.293 e. The molecule has 156 valence electrons. The number of aryl methyl sites for hydroxylation is 1. The van der Waals surface area contributed by atoms with Crippen molar-refractivity contribution in [1.82, 2.24) is 19.4 Å². The van der Waals surface area contributed by atoms with E-state index in [0.717, 1.165) is 63.1 Å². The first-order chi connectivity index (χ1) is 14.1. The van der Waals surface area contributed by atoms with E-state index in [1.165, 1.54) is 0 Å². The van der Waals surface area contributed by atoms with Crippen LogP contribution >= 0.6 is 0 Å². The molecule has 2 aliphatic heterocycles. The van der Waals surface area contributed by atoms with Gasteiger partial charge in [0.2, 0.25) is 5.91 Å². The molecule has 7 heteroatoms. The van der Waals surface area contributed by atoms with Crippen LogP contribution in [0, 0.1) is 5.92 Å². The molecule has 1 atom stereocenters. The number of carbonyl (C=O) groups is 1. The number of aromatic nitrogens is 2. The van der Waals surface area contributed by atoms with Gasteiger partial charge in [-0.1, -0.05) is 19.1 Å². The van der Waals surface area contributed by atoms with Gasteiger partial charge < -0.3 is 19.3 Å². The van der Waals surface area contributed by atoms with E-state index in [1.807, 2.05) is 41.0 Å². The molecule has 0 saturated carbocycles. The Morgan fingerprint density at radius 1 is 1.07 bits per heavy atom. The minimum atomic E-state index is -0.0594. The van der Waals surface area contributed by atoms with E-state index in [2.05, 4.69) is 11.8 Å². The van der Waals surface area contributed by atoms with E-state index >= 15 is 0 Å². The summed E-state index contributed by atoms with van der Waals surface area (Å²) in [7, 11) is 0. The predicted octanol–water partition coefficient (Wildman–Crippen LogP) is 1.80. The van der Waals surface area contributed by atoms with Crippen LogP contribution < -0.4 is 10.5 Å². The second-order valence-corrected chi connectivity index (χ2v) is 8.02. The predicted molar refractivity (Wildman–Crippen MR) is 115 cm³/mol. The van der Waals surface area contributed by atoms with Crippen LogP contribution in [-0.4, -0.2) is 71.1 Å². The summed E-state index contributed by atoms with van der Waals surface area (Å²) in [5.41, 5.74) is 1.63. The number of rotatable bonds is 4. The first-order valence-corrected chi connectivity index (χ1v) is 10.9. The maximum absolute atomic E-state index is 13.1. The Morgan fingerprint density at radius 2 is 1.83 bits per heavy atom. The summed E-state index contributed by atoms with van der Waals surface area (Å²) in [6.07, 6.45) is 1.80. The number of carbonyl (C=O) groups excluding carboxylic acids is 1. The third-order valence-corrected chi connectivity index (χ3v) is 6.35. The van der Waals surface area contributed by atoms with E-state index in [1.54, 1.807) is 4.57 Å². The van der Waals surface area contributed by atoms with Gasteiger partial charge in [-0.25, -0.2) is 4.98 Å². The van der Waals surface area contributed by atoms with Crippen LogP contribution in [-0.2, 0) is 11.3 Å². The molecule has 1 aromatic heterocycles. The van der Waals surface area contributed by atoms with Gasteiger partial charge in [0.05, 0.1) is 17.0 Å². The van der Waals surface area contributed by atoms with Gasteiger partial charge in [-0.3, -0.25) is 9.59 Å². The van der Waals surface area contributed by atoms with Gasteiger partial charge in [0, 0.05) is 45.8 Å². The highest BCUT2D eigenvalue weighted by Crippen LogP contribution is 2.23. The fraction of sp³-hybridized carbons (Fsp3) is 0.591. The van der Waals surface area contributed by atoms with Crippen molar-refractivity contribution in [3.63, 3.8) is 0 Å². The van der Waals surface area contributed by atoms with Crippen LogP contribution in [0.2, 0.25) is 0 Å². The molecule has 1 amide bonds. The van der Waals surface area contributed by atoms with E-state index in [9.17, 15) is 9.59 Å². The minimum absolute atomic E-state index is 0.0559. The van der Waals surface area contributed by atoms with Crippen molar-refractivity contribution in [2.75, 3.05) is 50.7 Å². The lowest BCUT2D eigenvalue weighted by Crippen LogP contribution is -2.52. The van der Waals surface area contributed by atoms with Crippen molar-refractivity contribution in [2.45, 2.75) is 33.2 Å². The minimum Gasteiger partial charge on any atom is -0.351 e. The molecule has 1 aromatic carbocycles. The van der Waals surface area contributed by atoms with Gasteiger partial charge in [-0.05, 0) is 38.4 Å². The highest BCUT2D eigenvalue weighted by molar-refractivity contribution is 5.80. The van der Waals surface area contributed by atoms with E-state index in [4.69, 9.17) is 4.98 Å². The SMILES string of the molecule is CCN1CCN(C(=O)C2CCCN(c3nc4ccccc4n(CC)c3=O)C2)CC1. The van der Waals surface area contributed by atoms with Gasteiger partial charge >= 0.3 is 0 Å². The summed E-state index contributed by atoms with van der Waals surface area (Å²) in [6.45, 7) is 10.7. The summed E-state index contributed by atoms with van der Waals surface area (Å²) < 4.78 is 1.78. The lowest BCUT2D eigenvalue weighted by Gasteiger charge is -2.39. The number of piperidine rings is 1. The fourth-order valence-electron chi connectivity index (χ4n) is 4.61. The number of amides is 1. The zero-order valence-corrected chi connectivity index (χ0v) is 17.5. The maximum Gasteiger partial charge on any atom is 0.293 e. The molecule has 2 aromatic rings. The lowest BCUT2D eigenvalue weighted by atomic mass is 9.96. The number of anilines is 1. The number of benzene rings is 1. The molecule has 2 saturated heterocycles. The summed E-state index contributed by atoms with van der Waals surface area (Å²) in [5, 5.41) is 0. The van der Waals surface area contributed by atoms with Crippen LogP contribution in [0.5, 0.6) is 0 Å². The molecule has 7 nitrogen and oxygen atoms in total. The van der Waals surface area contributed by atoms with Gasteiger partial charge in [0.1, 0.15) is 0 Å². The topological polar surface area (TPSA) is 61.7 Å². The number of likely N-dealkylation sites (N-methyl/N-ethyl adjacent to an activating group) is 1. The summed E-state index contributed by atoms with van der Waals surface area (Å²) in [4.78, 5) is 37.4. The van der Waals surface area contributed by atoms with Crippen LogP contribution in [0.25, 0.3) is 11.0 Å². The van der Waals surface area contributed by atoms with Crippen molar-refractivity contribution in [2.24, 2.45) is 5.92 Å². The lowest BCUT2D eigenvalue weighted by molar-refractivity contribution is -0.137. The Balaban J connectivity index is 1.55. The maximum atomic E-state index is 13.1. The Labute approximate surface area is 171 Å². The zero-order valence-electron chi connectivity index (χ0n) is 17.5. The van der Waals surface area contributed by atoms with Crippen molar-refractivity contribution < 1.29 is 4.79 Å². The summed E-state index contributed by atoms with van der Waals surface area (Å²) >= 11 is 0. The van der Waals surface area contributed by atoms with Gasteiger partial charge in [-0.2, -0.15) is 0 Å². The Bertz CT molecular complexity index is 932. The van der Waals surface area contributed by atoms with Crippen LogP contribution in [0.4, 0.5) is 5.82 Å². The second-order valence-electron chi connectivity index (χ2n) is 8.02. The first kappa shape index (κ1) is 19.9. The van der Waals surface area contributed by atoms with Crippen LogP contribution in [0.3, 0.4) is 0 Å². The molecule has 4 rings (SSSR count). The third kappa shape index (κ3) is 3.88. The number of nitrogens with zero attached hydrogens (tertiary/aromatic N) is 5. The Kier molecular flexibility index (Phi) is 5.85. The molecule has 2 fully saturated rings. The van der Waals surface area contributed by atoms with E-state index in [0.29, 0.717) is 18.9 Å². The van der Waals surface area contributed by atoms with Crippen LogP contribution in [0.15, 0.2) is 29.1 Å². The number of hydrogen-bond acceptors (Lipinski definition) is 5. The molecule has 29 heavy (non-hydrogen) atoms. The molecule has 0 spiro atoms.